The highest BCUT2D eigenvalue weighted by Crippen LogP contribution is 2.29. The van der Waals surface area contributed by atoms with E-state index in [0.717, 1.165) is 30.9 Å². The predicted molar refractivity (Wildman–Crippen MR) is 128 cm³/mol. The van der Waals surface area contributed by atoms with Gasteiger partial charge >= 0.3 is 0 Å². The standard InChI is InChI=1S/C27H27N3O2/c31-26-16-20-9-11-23(17-25(20)29-26)28-27(32)21-10-12-24(19-7-3-1-4-8-19)22(15-21)18-30-13-5-2-6-14-30/h1,3-4,7-12,15,17H,2,5-6,13-14,16,18H2,(H,28,32)(H,29,31). The van der Waals surface area contributed by atoms with Crippen LogP contribution < -0.4 is 10.6 Å². The molecule has 1 saturated heterocycles. The Balaban J connectivity index is 1.41. The number of nitrogens with one attached hydrogen (secondary N) is 2. The molecule has 162 valence electrons. The molecule has 0 aromatic heterocycles. The summed E-state index contributed by atoms with van der Waals surface area (Å²) in [7, 11) is 0. The predicted octanol–water partition coefficient (Wildman–Crippen LogP) is 5.09. The summed E-state index contributed by atoms with van der Waals surface area (Å²) in [6.45, 7) is 3.05. The second kappa shape index (κ2) is 8.97. The van der Waals surface area contributed by atoms with Gasteiger partial charge in [0.25, 0.3) is 5.91 Å². The molecule has 2 aliphatic rings. The van der Waals surface area contributed by atoms with E-state index < -0.39 is 0 Å². The topological polar surface area (TPSA) is 61.4 Å². The van der Waals surface area contributed by atoms with E-state index in [2.05, 4.69) is 33.7 Å². The second-order valence-electron chi connectivity index (χ2n) is 8.63. The average molecular weight is 426 g/mol. The van der Waals surface area contributed by atoms with Gasteiger partial charge in [-0.25, -0.2) is 0 Å². The van der Waals surface area contributed by atoms with E-state index in [1.807, 2.05) is 48.5 Å². The van der Waals surface area contributed by atoms with Crippen molar-refractivity contribution in [2.24, 2.45) is 0 Å². The lowest BCUT2D eigenvalue weighted by molar-refractivity contribution is -0.115. The monoisotopic (exact) mass is 425 g/mol. The first-order valence-electron chi connectivity index (χ1n) is 11.3. The molecule has 2 amide bonds. The first kappa shape index (κ1) is 20.5. The first-order valence-corrected chi connectivity index (χ1v) is 11.3. The molecule has 1 fully saturated rings. The van der Waals surface area contributed by atoms with Crippen molar-refractivity contribution in [3.8, 4) is 11.1 Å². The Morgan fingerprint density at radius 3 is 2.56 bits per heavy atom. The molecule has 0 bridgehead atoms. The fraction of sp³-hybridized carbons (Fsp3) is 0.259. The van der Waals surface area contributed by atoms with Crippen LogP contribution in [-0.4, -0.2) is 29.8 Å². The van der Waals surface area contributed by atoms with Crippen LogP contribution in [0, 0.1) is 0 Å². The van der Waals surface area contributed by atoms with Crippen LogP contribution in [0.4, 0.5) is 11.4 Å². The Morgan fingerprint density at radius 2 is 1.75 bits per heavy atom. The third-order valence-electron chi connectivity index (χ3n) is 6.29. The highest BCUT2D eigenvalue weighted by atomic mass is 16.2. The lowest BCUT2D eigenvalue weighted by Crippen LogP contribution is -2.29. The number of carbonyl (C=O) groups excluding carboxylic acids is 2. The zero-order valence-corrected chi connectivity index (χ0v) is 18.1. The van der Waals surface area contributed by atoms with Crippen molar-refractivity contribution in [2.45, 2.75) is 32.2 Å². The minimum absolute atomic E-state index is 0.0117. The molecule has 3 aromatic rings. The Labute approximate surface area is 188 Å². The van der Waals surface area contributed by atoms with Crippen molar-refractivity contribution < 1.29 is 9.59 Å². The Bertz CT molecular complexity index is 1150. The van der Waals surface area contributed by atoms with Crippen LogP contribution in [0.5, 0.6) is 0 Å². The van der Waals surface area contributed by atoms with Crippen molar-refractivity contribution in [2.75, 3.05) is 23.7 Å². The molecule has 0 unspecified atom stereocenters. The van der Waals surface area contributed by atoms with Gasteiger partial charge in [0.05, 0.1) is 6.42 Å². The normalized spacial score (nSPS) is 15.8. The number of rotatable bonds is 5. The molecule has 5 heteroatoms. The Hall–Kier alpha value is -3.44. The zero-order valence-electron chi connectivity index (χ0n) is 18.1. The summed E-state index contributed by atoms with van der Waals surface area (Å²) in [5.74, 6) is -0.156. The summed E-state index contributed by atoms with van der Waals surface area (Å²) >= 11 is 0. The number of fused-ring (bicyclic) bond motifs is 1. The molecule has 0 atom stereocenters. The molecular formula is C27H27N3O2. The van der Waals surface area contributed by atoms with Gasteiger partial charge in [-0.05, 0) is 72.5 Å². The minimum Gasteiger partial charge on any atom is -0.325 e. The number of nitrogens with zero attached hydrogens (tertiary/aromatic N) is 1. The van der Waals surface area contributed by atoms with Gasteiger partial charge in [-0.1, -0.05) is 48.9 Å². The van der Waals surface area contributed by atoms with Crippen LogP contribution in [0.3, 0.4) is 0 Å². The van der Waals surface area contributed by atoms with E-state index in [4.69, 9.17) is 0 Å². The fourth-order valence-electron chi connectivity index (χ4n) is 4.62. The molecule has 2 N–H and O–H groups in total. The van der Waals surface area contributed by atoms with Crippen LogP contribution in [0.2, 0.25) is 0 Å². The maximum atomic E-state index is 13.1. The lowest BCUT2D eigenvalue weighted by atomic mass is 9.96. The van der Waals surface area contributed by atoms with Crippen molar-refractivity contribution in [3.05, 3.63) is 83.4 Å². The number of hydrogen-bond donors (Lipinski definition) is 2. The van der Waals surface area contributed by atoms with Gasteiger partial charge in [-0.2, -0.15) is 0 Å². The summed E-state index contributed by atoms with van der Waals surface area (Å²) in [5.41, 5.74) is 6.57. The molecule has 0 spiro atoms. The minimum atomic E-state index is -0.145. The van der Waals surface area contributed by atoms with Gasteiger partial charge in [0.15, 0.2) is 0 Å². The molecule has 32 heavy (non-hydrogen) atoms. The number of piperidine rings is 1. The van der Waals surface area contributed by atoms with Gasteiger partial charge in [0.1, 0.15) is 0 Å². The van der Waals surface area contributed by atoms with Crippen LogP contribution in [0.1, 0.15) is 40.7 Å². The summed E-state index contributed by atoms with van der Waals surface area (Å²) in [4.78, 5) is 27.1. The van der Waals surface area contributed by atoms with Crippen molar-refractivity contribution in [1.29, 1.82) is 0 Å². The van der Waals surface area contributed by atoms with Crippen LogP contribution in [0.25, 0.3) is 11.1 Å². The first-order chi connectivity index (χ1) is 15.7. The molecule has 5 nitrogen and oxygen atoms in total. The van der Waals surface area contributed by atoms with E-state index >= 15 is 0 Å². The quantitative estimate of drug-likeness (QED) is 0.599. The van der Waals surface area contributed by atoms with Crippen LogP contribution >= 0.6 is 0 Å². The smallest absolute Gasteiger partial charge is 0.255 e. The number of benzene rings is 3. The third-order valence-corrected chi connectivity index (χ3v) is 6.29. The average Bonchev–Trinajstić information content (AvgIpc) is 3.19. The van der Waals surface area contributed by atoms with Crippen molar-refractivity contribution in [1.82, 2.24) is 4.90 Å². The molecule has 5 rings (SSSR count). The van der Waals surface area contributed by atoms with Gasteiger partial charge in [-0.3, -0.25) is 14.5 Å². The van der Waals surface area contributed by atoms with Gasteiger partial charge in [0.2, 0.25) is 5.91 Å². The number of amides is 2. The number of likely N-dealkylation sites (tertiary alicyclic amines) is 1. The van der Waals surface area contributed by atoms with E-state index in [0.29, 0.717) is 17.7 Å². The summed E-state index contributed by atoms with van der Waals surface area (Å²) in [6, 6.07) is 21.9. The Kier molecular flexibility index (Phi) is 5.73. The van der Waals surface area contributed by atoms with Crippen molar-refractivity contribution >= 4 is 23.2 Å². The molecular weight excluding hydrogens is 398 g/mol. The highest BCUT2D eigenvalue weighted by Gasteiger charge is 2.19. The van der Waals surface area contributed by atoms with E-state index in [9.17, 15) is 9.59 Å². The molecule has 3 aromatic carbocycles. The highest BCUT2D eigenvalue weighted by molar-refractivity contribution is 6.06. The largest absolute Gasteiger partial charge is 0.325 e. The SMILES string of the molecule is O=C1Cc2ccc(NC(=O)c3ccc(-c4ccccc4)c(CN4CCCCC4)c3)cc2N1. The number of carbonyl (C=O) groups is 2. The fourth-order valence-corrected chi connectivity index (χ4v) is 4.62. The summed E-state index contributed by atoms with van der Waals surface area (Å²) < 4.78 is 0. The maximum absolute atomic E-state index is 13.1. The van der Waals surface area contributed by atoms with E-state index in [-0.39, 0.29) is 11.8 Å². The van der Waals surface area contributed by atoms with Gasteiger partial charge in [-0.15, -0.1) is 0 Å². The maximum Gasteiger partial charge on any atom is 0.255 e. The zero-order chi connectivity index (χ0) is 21.9. The second-order valence-corrected chi connectivity index (χ2v) is 8.63. The lowest BCUT2D eigenvalue weighted by Gasteiger charge is -2.27. The van der Waals surface area contributed by atoms with Gasteiger partial charge < -0.3 is 10.6 Å². The Morgan fingerprint density at radius 1 is 0.938 bits per heavy atom. The third kappa shape index (κ3) is 4.43. The van der Waals surface area contributed by atoms with Crippen molar-refractivity contribution in [3.63, 3.8) is 0 Å². The summed E-state index contributed by atoms with van der Waals surface area (Å²) in [5, 5.41) is 5.82. The van der Waals surface area contributed by atoms with E-state index in [1.165, 1.54) is 36.0 Å². The molecule has 0 saturated carbocycles. The molecule has 2 aliphatic heterocycles. The van der Waals surface area contributed by atoms with E-state index in [1.54, 1.807) is 0 Å². The number of anilines is 2. The summed E-state index contributed by atoms with van der Waals surface area (Å²) in [6.07, 6.45) is 4.15. The number of hydrogen-bond acceptors (Lipinski definition) is 3. The van der Waals surface area contributed by atoms with Gasteiger partial charge in [0, 0.05) is 23.5 Å². The molecule has 2 heterocycles. The van der Waals surface area contributed by atoms with Crippen LogP contribution in [-0.2, 0) is 17.8 Å². The molecule has 0 aliphatic carbocycles. The van der Waals surface area contributed by atoms with Crippen LogP contribution in [0.15, 0.2) is 66.7 Å². The molecule has 0 radical (unpaired) electrons.